The number of hydrogen-bond donors (Lipinski definition) is 3. The van der Waals surface area contributed by atoms with E-state index >= 15 is 0 Å². The Morgan fingerprint density at radius 1 is 0.977 bits per heavy atom. The fraction of sp³-hybridized carbons (Fsp3) is 0.300. The van der Waals surface area contributed by atoms with Crippen molar-refractivity contribution < 1.29 is 18.0 Å². The average molecular weight is 590 g/mol. The molecule has 0 spiro atoms. The first-order chi connectivity index (χ1) is 20.5. The van der Waals surface area contributed by atoms with Crippen LogP contribution in [0.5, 0.6) is 0 Å². The number of pyridine rings is 2. The second kappa shape index (κ2) is 12.2. The van der Waals surface area contributed by atoms with E-state index in [1.165, 1.54) is 24.5 Å². The minimum atomic E-state index is -4.57. The molecule has 0 radical (unpaired) electrons. The molecule has 43 heavy (non-hydrogen) atoms. The van der Waals surface area contributed by atoms with Gasteiger partial charge in [0.25, 0.3) is 0 Å². The number of likely N-dealkylation sites (N-methyl/N-ethyl adjacent to an activating group) is 1. The Labute approximate surface area is 246 Å². The molecule has 0 bridgehead atoms. The number of aromatic nitrogens is 4. The van der Waals surface area contributed by atoms with Gasteiger partial charge in [-0.1, -0.05) is 17.9 Å². The van der Waals surface area contributed by atoms with Gasteiger partial charge >= 0.3 is 12.2 Å². The number of carbonyl (C=O) groups excluding carboxylic acids is 1. The van der Waals surface area contributed by atoms with Crippen LogP contribution in [0.3, 0.4) is 0 Å². The summed E-state index contributed by atoms with van der Waals surface area (Å²) in [6.45, 7) is 6.84. The number of amides is 2. The van der Waals surface area contributed by atoms with Crippen LogP contribution in [0, 0.1) is 25.7 Å². The molecule has 1 aromatic carbocycles. The lowest BCUT2D eigenvalue weighted by molar-refractivity contribution is -0.138. The number of nitrogen functional groups attached to an aromatic ring is 1. The molecule has 4 N–H and O–H groups in total. The summed E-state index contributed by atoms with van der Waals surface area (Å²) in [6.07, 6.45) is -0.130. The number of piperazine rings is 1. The van der Waals surface area contributed by atoms with Gasteiger partial charge in [-0.15, -0.1) is 0 Å². The van der Waals surface area contributed by atoms with Gasteiger partial charge in [0, 0.05) is 50.2 Å². The summed E-state index contributed by atoms with van der Waals surface area (Å²) in [6, 6.07) is 4.69. The number of anilines is 3. The molecule has 0 saturated carbocycles. The van der Waals surface area contributed by atoms with E-state index in [0.29, 0.717) is 40.9 Å². The number of aryl methyl sites for hydroxylation is 2. The van der Waals surface area contributed by atoms with Gasteiger partial charge in [-0.2, -0.15) is 13.2 Å². The monoisotopic (exact) mass is 589 g/mol. The van der Waals surface area contributed by atoms with Crippen LogP contribution >= 0.6 is 0 Å². The van der Waals surface area contributed by atoms with Crippen LogP contribution in [0.25, 0.3) is 11.0 Å². The molecular formula is C30H30F3N9O. The van der Waals surface area contributed by atoms with Crippen molar-refractivity contribution in [2.24, 2.45) is 0 Å². The lowest BCUT2D eigenvalue weighted by Gasteiger charge is -2.33. The van der Waals surface area contributed by atoms with Crippen molar-refractivity contribution in [3.63, 3.8) is 0 Å². The van der Waals surface area contributed by atoms with E-state index in [1.54, 1.807) is 12.3 Å². The summed E-state index contributed by atoms with van der Waals surface area (Å²) >= 11 is 0. The highest BCUT2D eigenvalue weighted by Crippen LogP contribution is 2.34. The SMILES string of the molecule is Cc1nc2cnc(N)c(C#Cc3cncc(NC(=O)Nc4ccc(CN5CCN(C)CC5)c(C(F)(F)F)c4)c3)c2nc1C. The topological polar surface area (TPSA) is 125 Å². The second-order valence-corrected chi connectivity index (χ2v) is 10.4. The summed E-state index contributed by atoms with van der Waals surface area (Å²) in [4.78, 5) is 34.1. The number of fused-ring (bicyclic) bond motifs is 1. The van der Waals surface area contributed by atoms with Crippen molar-refractivity contribution in [1.82, 2.24) is 29.7 Å². The van der Waals surface area contributed by atoms with E-state index in [4.69, 9.17) is 5.73 Å². The van der Waals surface area contributed by atoms with Crippen LogP contribution in [-0.2, 0) is 12.7 Å². The van der Waals surface area contributed by atoms with Crippen LogP contribution in [0.2, 0.25) is 0 Å². The molecule has 0 unspecified atom stereocenters. The molecule has 0 atom stereocenters. The van der Waals surface area contributed by atoms with Gasteiger partial charge in [-0.25, -0.2) is 19.7 Å². The number of hydrogen-bond acceptors (Lipinski definition) is 8. The van der Waals surface area contributed by atoms with Crippen LogP contribution in [0.1, 0.15) is 33.6 Å². The first-order valence-electron chi connectivity index (χ1n) is 13.5. The number of benzene rings is 1. The Kier molecular flexibility index (Phi) is 8.43. The highest BCUT2D eigenvalue weighted by Gasteiger charge is 2.34. The van der Waals surface area contributed by atoms with Crippen molar-refractivity contribution in [2.75, 3.05) is 49.6 Å². The maximum atomic E-state index is 13.9. The predicted molar refractivity (Wildman–Crippen MR) is 158 cm³/mol. The summed E-state index contributed by atoms with van der Waals surface area (Å²) in [5, 5.41) is 5.07. The number of carbonyl (C=O) groups is 1. The van der Waals surface area contributed by atoms with E-state index in [1.807, 2.05) is 25.8 Å². The van der Waals surface area contributed by atoms with Crippen LogP contribution in [0.15, 0.2) is 42.9 Å². The number of nitrogens with one attached hydrogen (secondary N) is 2. The Morgan fingerprint density at radius 3 is 2.44 bits per heavy atom. The van der Waals surface area contributed by atoms with Gasteiger partial charge in [0.2, 0.25) is 0 Å². The molecule has 1 fully saturated rings. The largest absolute Gasteiger partial charge is 0.416 e. The van der Waals surface area contributed by atoms with E-state index < -0.39 is 17.8 Å². The molecule has 1 aliphatic rings. The molecule has 4 heterocycles. The van der Waals surface area contributed by atoms with Crippen molar-refractivity contribution in [3.8, 4) is 11.8 Å². The smallest absolute Gasteiger partial charge is 0.383 e. The van der Waals surface area contributed by atoms with Gasteiger partial charge in [0.05, 0.1) is 40.6 Å². The first kappa shape index (κ1) is 29.7. The van der Waals surface area contributed by atoms with E-state index in [0.717, 1.165) is 30.5 Å². The molecule has 13 heteroatoms. The predicted octanol–water partition coefficient (Wildman–Crippen LogP) is 4.43. The Balaban J connectivity index is 1.30. The molecular weight excluding hydrogens is 559 g/mol. The summed E-state index contributed by atoms with van der Waals surface area (Å²) in [5.41, 5.74) is 9.24. The van der Waals surface area contributed by atoms with Gasteiger partial charge in [-0.3, -0.25) is 9.88 Å². The second-order valence-electron chi connectivity index (χ2n) is 10.4. The number of rotatable bonds is 4. The Bertz CT molecular complexity index is 1740. The van der Waals surface area contributed by atoms with E-state index in [2.05, 4.69) is 47.3 Å². The van der Waals surface area contributed by atoms with Gasteiger partial charge in [0.1, 0.15) is 16.9 Å². The third-order valence-corrected chi connectivity index (χ3v) is 7.14. The van der Waals surface area contributed by atoms with E-state index in [-0.39, 0.29) is 23.6 Å². The highest BCUT2D eigenvalue weighted by molar-refractivity contribution is 5.99. The van der Waals surface area contributed by atoms with E-state index in [9.17, 15) is 18.0 Å². The lowest BCUT2D eigenvalue weighted by atomic mass is 10.0. The third-order valence-electron chi connectivity index (χ3n) is 7.14. The minimum Gasteiger partial charge on any atom is -0.383 e. The highest BCUT2D eigenvalue weighted by atomic mass is 19.4. The standard InChI is InChI=1S/C30H30F3N9O/c1-18-19(2)38-27-24(28(34)36-16-26(27)37-18)7-4-20-12-23(15-35-14-20)40-29(43)39-22-6-5-21(25(13-22)30(31,32)33)17-42-10-8-41(3)9-11-42/h5-6,12-16H,8-11,17H2,1-3H3,(H2,34,36)(H2,39,40,43). The zero-order valence-corrected chi connectivity index (χ0v) is 23.9. The lowest BCUT2D eigenvalue weighted by Crippen LogP contribution is -2.44. The summed E-state index contributed by atoms with van der Waals surface area (Å²) < 4.78 is 41.8. The molecule has 1 aliphatic heterocycles. The number of nitrogens with zero attached hydrogens (tertiary/aromatic N) is 6. The number of halogens is 3. The number of nitrogens with two attached hydrogens (primary N) is 1. The molecule has 10 nitrogen and oxygen atoms in total. The van der Waals surface area contributed by atoms with Gasteiger partial charge in [0.15, 0.2) is 0 Å². The Hall–Kier alpha value is -4.80. The van der Waals surface area contributed by atoms with Gasteiger partial charge < -0.3 is 21.3 Å². The molecule has 3 aromatic heterocycles. The Morgan fingerprint density at radius 2 is 1.70 bits per heavy atom. The van der Waals surface area contributed by atoms with Gasteiger partial charge in [-0.05, 0) is 44.7 Å². The zero-order valence-electron chi connectivity index (χ0n) is 23.9. The molecule has 0 aliphatic carbocycles. The summed E-state index contributed by atoms with van der Waals surface area (Å²) in [5.74, 6) is 6.13. The van der Waals surface area contributed by atoms with Crippen LogP contribution in [-0.4, -0.2) is 69.0 Å². The summed E-state index contributed by atoms with van der Waals surface area (Å²) in [7, 11) is 1.99. The van der Waals surface area contributed by atoms with Crippen LogP contribution < -0.4 is 16.4 Å². The number of urea groups is 1. The molecule has 4 aromatic rings. The molecule has 1 saturated heterocycles. The normalized spacial score (nSPS) is 14.3. The fourth-order valence-corrected chi connectivity index (χ4v) is 4.64. The average Bonchev–Trinajstić information content (AvgIpc) is 2.95. The molecule has 5 rings (SSSR count). The minimum absolute atomic E-state index is 0.0152. The molecule has 2 amide bonds. The van der Waals surface area contributed by atoms with Crippen LogP contribution in [0.4, 0.5) is 35.2 Å². The third kappa shape index (κ3) is 7.17. The quantitative estimate of drug-likeness (QED) is 0.299. The van der Waals surface area contributed by atoms with Crippen molar-refractivity contribution in [3.05, 3.63) is 76.5 Å². The molecule has 222 valence electrons. The number of alkyl halides is 3. The van der Waals surface area contributed by atoms with Crippen molar-refractivity contribution >= 4 is 34.3 Å². The van der Waals surface area contributed by atoms with Crippen molar-refractivity contribution in [2.45, 2.75) is 26.6 Å². The maximum absolute atomic E-state index is 13.9. The maximum Gasteiger partial charge on any atom is 0.416 e. The van der Waals surface area contributed by atoms with Crippen molar-refractivity contribution in [1.29, 1.82) is 0 Å². The first-order valence-corrected chi connectivity index (χ1v) is 13.5. The fourth-order valence-electron chi connectivity index (χ4n) is 4.64. The zero-order chi connectivity index (χ0) is 30.7.